The number of rotatable bonds is 2. The first kappa shape index (κ1) is 16.3. The molecule has 2 aromatic rings. The van der Waals surface area contributed by atoms with Gasteiger partial charge in [0.25, 0.3) is 0 Å². The van der Waals surface area contributed by atoms with Crippen LogP contribution < -0.4 is 0 Å². The molecule has 0 spiro atoms. The van der Waals surface area contributed by atoms with Gasteiger partial charge in [-0.3, -0.25) is 0 Å². The third-order valence-corrected chi connectivity index (χ3v) is 4.67. The molecule has 1 saturated heterocycles. The zero-order valence-corrected chi connectivity index (χ0v) is 13.4. The number of esters is 1. The molecule has 6 heteroatoms. The number of piperidine rings is 1. The Kier molecular flexibility index (Phi) is 4.15. The van der Waals surface area contributed by atoms with E-state index in [1.807, 2.05) is 30.3 Å². The summed E-state index contributed by atoms with van der Waals surface area (Å²) in [6, 6.07) is 10.9. The van der Waals surface area contributed by atoms with E-state index in [0.717, 1.165) is 10.8 Å². The largest absolute Gasteiger partial charge is 0.465 e. The van der Waals surface area contributed by atoms with Gasteiger partial charge < -0.3 is 19.8 Å². The zero-order chi connectivity index (χ0) is 17.3. The van der Waals surface area contributed by atoms with Gasteiger partial charge in [-0.15, -0.1) is 0 Å². The number of fused-ring (bicyclic) bond motifs is 1. The van der Waals surface area contributed by atoms with E-state index in [9.17, 15) is 14.7 Å². The Morgan fingerprint density at radius 1 is 1.17 bits per heavy atom. The summed E-state index contributed by atoms with van der Waals surface area (Å²) in [6.07, 6.45) is -0.401. The van der Waals surface area contributed by atoms with Crippen molar-refractivity contribution in [2.45, 2.75) is 18.4 Å². The monoisotopic (exact) mass is 329 g/mol. The minimum Gasteiger partial charge on any atom is -0.465 e. The van der Waals surface area contributed by atoms with Crippen LogP contribution in [0.2, 0.25) is 0 Å². The normalized spacial score (nSPS) is 16.8. The van der Waals surface area contributed by atoms with Crippen LogP contribution in [0.1, 0.15) is 28.8 Å². The molecule has 2 N–H and O–H groups in total. The molecule has 1 aliphatic heterocycles. The maximum atomic E-state index is 12.1. The quantitative estimate of drug-likeness (QED) is 0.827. The van der Waals surface area contributed by atoms with Gasteiger partial charge in [-0.1, -0.05) is 24.3 Å². The van der Waals surface area contributed by atoms with Crippen LogP contribution in [0.15, 0.2) is 36.4 Å². The third kappa shape index (κ3) is 2.80. The molecule has 3 rings (SSSR count). The SMILES string of the molecule is COC(=O)c1cc(C2(O)CCN(C(=O)O)CC2)cc2ccccc12. The van der Waals surface area contributed by atoms with Gasteiger partial charge in [0, 0.05) is 13.1 Å². The number of aliphatic hydroxyl groups is 1. The smallest absolute Gasteiger partial charge is 0.407 e. The third-order valence-electron chi connectivity index (χ3n) is 4.67. The lowest BCUT2D eigenvalue weighted by Gasteiger charge is -2.37. The summed E-state index contributed by atoms with van der Waals surface area (Å²) in [7, 11) is 1.32. The molecule has 6 nitrogen and oxygen atoms in total. The summed E-state index contributed by atoms with van der Waals surface area (Å²) >= 11 is 0. The van der Waals surface area contributed by atoms with Crippen molar-refractivity contribution in [3.05, 3.63) is 47.5 Å². The number of ether oxygens (including phenoxy) is 1. The molecule has 0 aromatic heterocycles. The zero-order valence-electron chi connectivity index (χ0n) is 13.4. The number of carbonyl (C=O) groups excluding carboxylic acids is 1. The van der Waals surface area contributed by atoms with Crippen molar-refractivity contribution in [1.29, 1.82) is 0 Å². The fourth-order valence-corrected chi connectivity index (χ4v) is 3.21. The van der Waals surface area contributed by atoms with Gasteiger partial charge in [0.1, 0.15) is 0 Å². The number of hydrogen-bond donors (Lipinski definition) is 2. The van der Waals surface area contributed by atoms with E-state index in [-0.39, 0.29) is 25.9 Å². The molecule has 0 bridgehead atoms. The highest BCUT2D eigenvalue weighted by atomic mass is 16.5. The van der Waals surface area contributed by atoms with Crippen LogP contribution in [0.5, 0.6) is 0 Å². The Bertz CT molecular complexity index is 793. The second kappa shape index (κ2) is 6.13. The number of methoxy groups -OCH3 is 1. The number of nitrogens with zero attached hydrogens (tertiary/aromatic N) is 1. The van der Waals surface area contributed by atoms with Crippen LogP contribution in [-0.2, 0) is 10.3 Å². The van der Waals surface area contributed by atoms with Gasteiger partial charge in [0.05, 0.1) is 18.3 Å². The highest BCUT2D eigenvalue weighted by Crippen LogP contribution is 2.36. The summed E-state index contributed by atoms with van der Waals surface area (Å²) in [5.41, 5.74) is -0.134. The summed E-state index contributed by atoms with van der Waals surface area (Å²) in [6.45, 7) is 0.512. The van der Waals surface area contributed by atoms with Crippen molar-refractivity contribution in [2.75, 3.05) is 20.2 Å². The lowest BCUT2D eigenvalue weighted by Crippen LogP contribution is -2.44. The van der Waals surface area contributed by atoms with E-state index in [1.165, 1.54) is 12.0 Å². The fraction of sp³-hybridized carbons (Fsp3) is 0.333. The van der Waals surface area contributed by atoms with E-state index in [0.29, 0.717) is 11.1 Å². The lowest BCUT2D eigenvalue weighted by atomic mass is 9.82. The van der Waals surface area contributed by atoms with Gasteiger partial charge in [-0.25, -0.2) is 9.59 Å². The van der Waals surface area contributed by atoms with E-state index >= 15 is 0 Å². The lowest BCUT2D eigenvalue weighted by molar-refractivity contribution is -0.0212. The van der Waals surface area contributed by atoms with Gasteiger partial charge in [-0.2, -0.15) is 0 Å². The van der Waals surface area contributed by atoms with E-state index < -0.39 is 17.7 Å². The molecule has 0 aliphatic carbocycles. The second-order valence-corrected chi connectivity index (χ2v) is 6.04. The highest BCUT2D eigenvalue weighted by molar-refractivity contribution is 6.04. The molecule has 2 aromatic carbocycles. The van der Waals surface area contributed by atoms with Crippen LogP contribution in [-0.4, -0.2) is 47.4 Å². The molecule has 24 heavy (non-hydrogen) atoms. The molecule has 0 atom stereocenters. The van der Waals surface area contributed by atoms with Crippen molar-refractivity contribution in [1.82, 2.24) is 4.90 Å². The summed E-state index contributed by atoms with van der Waals surface area (Å²) in [5, 5.41) is 21.7. The van der Waals surface area contributed by atoms with Crippen molar-refractivity contribution in [2.24, 2.45) is 0 Å². The first-order valence-corrected chi connectivity index (χ1v) is 7.76. The molecule has 126 valence electrons. The maximum Gasteiger partial charge on any atom is 0.407 e. The van der Waals surface area contributed by atoms with Crippen LogP contribution >= 0.6 is 0 Å². The van der Waals surface area contributed by atoms with Gasteiger partial charge in [0.2, 0.25) is 0 Å². The average Bonchev–Trinajstić information content (AvgIpc) is 2.60. The topological polar surface area (TPSA) is 87.1 Å². The number of likely N-dealkylation sites (tertiary alicyclic amines) is 1. The van der Waals surface area contributed by atoms with Crippen molar-refractivity contribution in [3.63, 3.8) is 0 Å². The number of carboxylic acid groups (broad SMARTS) is 1. The number of benzene rings is 2. The first-order valence-electron chi connectivity index (χ1n) is 7.76. The van der Waals surface area contributed by atoms with Crippen molar-refractivity contribution in [3.8, 4) is 0 Å². The fourth-order valence-electron chi connectivity index (χ4n) is 3.21. The Balaban J connectivity index is 2.04. The van der Waals surface area contributed by atoms with Gasteiger partial charge in [-0.05, 0) is 41.3 Å². The molecule has 0 unspecified atom stereocenters. The standard InChI is InChI=1S/C18H19NO5/c1-24-16(20)15-11-13(10-12-4-2-3-5-14(12)15)18(23)6-8-19(9-7-18)17(21)22/h2-5,10-11,23H,6-9H2,1H3,(H,21,22). The predicted octanol–water partition coefficient (Wildman–Crippen LogP) is 2.59. The van der Waals surface area contributed by atoms with Crippen LogP contribution in [0.4, 0.5) is 4.79 Å². The number of amides is 1. The van der Waals surface area contributed by atoms with E-state index in [4.69, 9.17) is 9.84 Å². The van der Waals surface area contributed by atoms with Crippen molar-refractivity contribution < 1.29 is 24.5 Å². The Morgan fingerprint density at radius 3 is 2.46 bits per heavy atom. The second-order valence-electron chi connectivity index (χ2n) is 6.04. The summed E-state index contributed by atoms with van der Waals surface area (Å²) < 4.78 is 4.86. The predicted molar refractivity (Wildman–Crippen MR) is 88.0 cm³/mol. The molecule has 0 saturated carbocycles. The Hall–Kier alpha value is -2.60. The van der Waals surface area contributed by atoms with Crippen LogP contribution in [0.25, 0.3) is 10.8 Å². The summed E-state index contributed by atoms with van der Waals surface area (Å²) in [5.74, 6) is -0.459. The highest BCUT2D eigenvalue weighted by Gasteiger charge is 2.36. The molecule has 1 amide bonds. The molecular weight excluding hydrogens is 310 g/mol. The average molecular weight is 329 g/mol. The van der Waals surface area contributed by atoms with Gasteiger partial charge in [0.15, 0.2) is 0 Å². The number of hydrogen-bond acceptors (Lipinski definition) is 4. The van der Waals surface area contributed by atoms with Crippen LogP contribution in [0.3, 0.4) is 0 Å². The van der Waals surface area contributed by atoms with Crippen LogP contribution in [0, 0.1) is 0 Å². The minimum absolute atomic E-state index is 0.256. The molecular formula is C18H19NO5. The van der Waals surface area contributed by atoms with E-state index in [1.54, 1.807) is 6.07 Å². The van der Waals surface area contributed by atoms with E-state index in [2.05, 4.69) is 0 Å². The molecule has 0 radical (unpaired) electrons. The number of carbonyl (C=O) groups is 2. The Labute approximate surface area is 139 Å². The maximum absolute atomic E-state index is 12.1. The van der Waals surface area contributed by atoms with Gasteiger partial charge >= 0.3 is 12.1 Å². The van der Waals surface area contributed by atoms with Crippen molar-refractivity contribution >= 4 is 22.8 Å². The molecule has 1 aliphatic rings. The Morgan fingerprint density at radius 2 is 1.83 bits per heavy atom. The minimum atomic E-state index is -1.15. The molecule has 1 heterocycles. The molecule has 1 fully saturated rings. The summed E-state index contributed by atoms with van der Waals surface area (Å²) in [4.78, 5) is 24.4. The first-order chi connectivity index (χ1) is 11.4.